The van der Waals surface area contributed by atoms with E-state index in [4.69, 9.17) is 5.11 Å². The van der Waals surface area contributed by atoms with Crippen molar-refractivity contribution < 1.29 is 14.7 Å². The minimum Gasteiger partial charge on any atom is -0.478 e. The normalized spacial score (nSPS) is 10.5. The van der Waals surface area contributed by atoms with Gasteiger partial charge in [-0.25, -0.2) is 4.79 Å². The van der Waals surface area contributed by atoms with Crippen LogP contribution in [-0.4, -0.2) is 43.3 Å². The molecule has 8 heteroatoms. The molecule has 1 amide bonds. The Labute approximate surface area is 149 Å². The Kier molecular flexibility index (Phi) is 5.02. The van der Waals surface area contributed by atoms with Crippen LogP contribution in [0.1, 0.15) is 26.5 Å². The molecule has 0 bridgehead atoms. The Morgan fingerprint density at radius 3 is 2.58 bits per heavy atom. The first-order valence-corrected chi connectivity index (χ1v) is 7.96. The van der Waals surface area contributed by atoms with Crippen molar-refractivity contribution in [1.82, 2.24) is 25.1 Å². The highest BCUT2D eigenvalue weighted by molar-refractivity contribution is 5.96. The molecule has 3 aromatic rings. The minimum atomic E-state index is -1.13. The second kappa shape index (κ2) is 7.56. The third kappa shape index (κ3) is 3.75. The number of amides is 1. The molecule has 132 valence electrons. The SMILES string of the molecule is Cn1c(CCNC(=O)c2cncc(C(=O)O)c2)nnc1-c1ccccc1. The summed E-state index contributed by atoms with van der Waals surface area (Å²) >= 11 is 0. The van der Waals surface area contributed by atoms with Crippen LogP contribution in [0.2, 0.25) is 0 Å². The zero-order valence-corrected chi connectivity index (χ0v) is 14.1. The fraction of sp³-hybridized carbons (Fsp3) is 0.167. The average Bonchev–Trinajstić information content (AvgIpc) is 3.03. The molecule has 0 aliphatic rings. The van der Waals surface area contributed by atoms with Crippen LogP contribution in [0.15, 0.2) is 48.8 Å². The van der Waals surface area contributed by atoms with Gasteiger partial charge in [0.1, 0.15) is 5.82 Å². The van der Waals surface area contributed by atoms with Crippen molar-refractivity contribution in [2.24, 2.45) is 7.05 Å². The van der Waals surface area contributed by atoms with E-state index in [1.54, 1.807) is 0 Å². The minimum absolute atomic E-state index is 0.0292. The first kappa shape index (κ1) is 17.3. The predicted octanol–water partition coefficient (Wildman–Crippen LogP) is 1.55. The van der Waals surface area contributed by atoms with E-state index in [1.165, 1.54) is 18.5 Å². The van der Waals surface area contributed by atoms with Crippen molar-refractivity contribution in [2.75, 3.05) is 6.54 Å². The molecule has 0 radical (unpaired) electrons. The maximum absolute atomic E-state index is 12.1. The number of carboxylic acids is 1. The number of carbonyl (C=O) groups is 2. The molecule has 1 aromatic carbocycles. The number of rotatable bonds is 6. The Morgan fingerprint density at radius 1 is 1.12 bits per heavy atom. The van der Waals surface area contributed by atoms with Crippen LogP contribution in [0.4, 0.5) is 0 Å². The number of aromatic carboxylic acids is 1. The maximum atomic E-state index is 12.1. The summed E-state index contributed by atoms with van der Waals surface area (Å²) in [4.78, 5) is 26.9. The zero-order valence-electron chi connectivity index (χ0n) is 14.1. The second-order valence-corrected chi connectivity index (χ2v) is 5.64. The van der Waals surface area contributed by atoms with Gasteiger partial charge in [-0.3, -0.25) is 9.78 Å². The van der Waals surface area contributed by atoms with Crippen molar-refractivity contribution in [1.29, 1.82) is 0 Å². The summed E-state index contributed by atoms with van der Waals surface area (Å²) in [6.07, 6.45) is 3.02. The van der Waals surface area contributed by atoms with Gasteiger partial charge in [0.25, 0.3) is 5.91 Å². The van der Waals surface area contributed by atoms with Crippen LogP contribution in [0.5, 0.6) is 0 Å². The zero-order chi connectivity index (χ0) is 18.5. The summed E-state index contributed by atoms with van der Waals surface area (Å²) in [5.41, 5.74) is 1.14. The van der Waals surface area contributed by atoms with Gasteiger partial charge in [-0.1, -0.05) is 30.3 Å². The van der Waals surface area contributed by atoms with E-state index in [9.17, 15) is 9.59 Å². The summed E-state index contributed by atoms with van der Waals surface area (Å²) in [5.74, 6) is -0.0161. The summed E-state index contributed by atoms with van der Waals surface area (Å²) in [7, 11) is 1.87. The summed E-state index contributed by atoms with van der Waals surface area (Å²) < 4.78 is 1.88. The van der Waals surface area contributed by atoms with Gasteiger partial charge in [-0.15, -0.1) is 10.2 Å². The molecule has 2 aromatic heterocycles. The van der Waals surface area contributed by atoms with E-state index >= 15 is 0 Å². The van der Waals surface area contributed by atoms with E-state index < -0.39 is 5.97 Å². The van der Waals surface area contributed by atoms with Crippen LogP contribution in [0.3, 0.4) is 0 Å². The van der Waals surface area contributed by atoms with E-state index in [1.807, 2.05) is 41.9 Å². The average molecular weight is 351 g/mol. The highest BCUT2D eigenvalue weighted by atomic mass is 16.4. The van der Waals surface area contributed by atoms with Crippen molar-refractivity contribution in [3.63, 3.8) is 0 Å². The second-order valence-electron chi connectivity index (χ2n) is 5.64. The number of hydrogen-bond acceptors (Lipinski definition) is 5. The molecule has 2 heterocycles. The molecule has 0 spiro atoms. The predicted molar refractivity (Wildman–Crippen MR) is 93.7 cm³/mol. The number of pyridine rings is 1. The van der Waals surface area contributed by atoms with Gasteiger partial charge in [-0.05, 0) is 6.07 Å². The maximum Gasteiger partial charge on any atom is 0.337 e. The monoisotopic (exact) mass is 351 g/mol. The lowest BCUT2D eigenvalue weighted by Gasteiger charge is -2.06. The van der Waals surface area contributed by atoms with Gasteiger partial charge in [-0.2, -0.15) is 0 Å². The number of nitrogens with zero attached hydrogens (tertiary/aromatic N) is 4. The standard InChI is InChI=1S/C18H17N5O3/c1-23-15(21-22-16(23)12-5-3-2-4-6-12)7-8-20-17(24)13-9-14(18(25)26)11-19-10-13/h2-6,9-11H,7-8H2,1H3,(H,20,24)(H,25,26). The van der Waals surface area contributed by atoms with Gasteiger partial charge in [0.15, 0.2) is 5.82 Å². The van der Waals surface area contributed by atoms with Crippen LogP contribution >= 0.6 is 0 Å². The largest absolute Gasteiger partial charge is 0.478 e. The Bertz CT molecular complexity index is 937. The lowest BCUT2D eigenvalue weighted by molar-refractivity contribution is 0.0696. The lowest BCUT2D eigenvalue weighted by atomic mass is 10.2. The number of carboxylic acid groups (broad SMARTS) is 1. The first-order valence-electron chi connectivity index (χ1n) is 7.96. The van der Waals surface area contributed by atoms with Gasteiger partial charge in [0.05, 0.1) is 11.1 Å². The molecule has 0 aliphatic carbocycles. The van der Waals surface area contributed by atoms with E-state index in [2.05, 4.69) is 20.5 Å². The lowest BCUT2D eigenvalue weighted by Crippen LogP contribution is -2.26. The third-order valence-electron chi connectivity index (χ3n) is 3.88. The molecule has 26 heavy (non-hydrogen) atoms. The van der Waals surface area contributed by atoms with Crippen LogP contribution in [0, 0.1) is 0 Å². The molecule has 0 atom stereocenters. The Balaban J connectivity index is 1.62. The number of hydrogen-bond donors (Lipinski definition) is 2. The van der Waals surface area contributed by atoms with Gasteiger partial charge < -0.3 is 15.0 Å². The van der Waals surface area contributed by atoms with Gasteiger partial charge in [0, 0.05) is 38.0 Å². The summed E-state index contributed by atoms with van der Waals surface area (Å²) in [6, 6.07) is 11.0. The Hall–Kier alpha value is -3.55. The van der Waals surface area contributed by atoms with Crippen LogP contribution in [0.25, 0.3) is 11.4 Å². The van der Waals surface area contributed by atoms with Gasteiger partial charge >= 0.3 is 5.97 Å². The molecule has 0 fully saturated rings. The van der Waals surface area contributed by atoms with E-state index in [0.29, 0.717) is 13.0 Å². The third-order valence-corrected chi connectivity index (χ3v) is 3.88. The highest BCUT2D eigenvalue weighted by Crippen LogP contribution is 2.16. The molecular formula is C18H17N5O3. The van der Waals surface area contributed by atoms with Crippen molar-refractivity contribution in [3.8, 4) is 11.4 Å². The number of carbonyl (C=O) groups excluding carboxylic acids is 1. The van der Waals surface area contributed by atoms with Crippen molar-refractivity contribution in [2.45, 2.75) is 6.42 Å². The van der Waals surface area contributed by atoms with Crippen molar-refractivity contribution >= 4 is 11.9 Å². The smallest absolute Gasteiger partial charge is 0.337 e. The quantitative estimate of drug-likeness (QED) is 0.697. The van der Waals surface area contributed by atoms with Gasteiger partial charge in [0.2, 0.25) is 0 Å². The summed E-state index contributed by atoms with van der Waals surface area (Å²) in [6.45, 7) is 0.344. The molecule has 2 N–H and O–H groups in total. The summed E-state index contributed by atoms with van der Waals surface area (Å²) in [5, 5.41) is 20.1. The van der Waals surface area contributed by atoms with E-state index in [0.717, 1.165) is 17.2 Å². The van der Waals surface area contributed by atoms with Crippen LogP contribution in [-0.2, 0) is 13.5 Å². The molecule has 0 aliphatic heterocycles. The number of aromatic nitrogens is 4. The topological polar surface area (TPSA) is 110 Å². The number of nitrogens with one attached hydrogen (secondary N) is 1. The molecule has 8 nitrogen and oxygen atoms in total. The van der Waals surface area contributed by atoms with E-state index in [-0.39, 0.29) is 17.0 Å². The fourth-order valence-corrected chi connectivity index (χ4v) is 2.49. The number of benzene rings is 1. The highest BCUT2D eigenvalue weighted by Gasteiger charge is 2.12. The molecule has 0 saturated carbocycles. The molecule has 0 saturated heterocycles. The molecule has 0 unspecified atom stereocenters. The first-order chi connectivity index (χ1) is 12.6. The molecular weight excluding hydrogens is 334 g/mol. The Morgan fingerprint density at radius 2 is 1.85 bits per heavy atom. The fourth-order valence-electron chi connectivity index (χ4n) is 2.49. The van der Waals surface area contributed by atoms with Crippen LogP contribution < -0.4 is 5.32 Å². The molecule has 3 rings (SSSR count). The van der Waals surface area contributed by atoms with Crippen molar-refractivity contribution in [3.05, 3.63) is 65.7 Å².